The summed E-state index contributed by atoms with van der Waals surface area (Å²) in [7, 11) is 0. The Hall–Kier alpha value is -1.97. The standard InChI is InChI=1S/C21H29FN4O/c22-18-8-6-17(7-9-18)13-26-11-10-21(14-23,15-26)25-20(27)19(24)12-16-4-2-1-3-5-16/h6-9,16,19H,1-5,10-13,15,24H2,(H,25,27). The second kappa shape index (κ2) is 8.81. The number of hydrogen-bond donors (Lipinski definition) is 2. The summed E-state index contributed by atoms with van der Waals surface area (Å²) in [5.74, 6) is 0.0487. The Morgan fingerprint density at radius 3 is 2.70 bits per heavy atom. The summed E-state index contributed by atoms with van der Waals surface area (Å²) < 4.78 is 13.0. The number of rotatable bonds is 6. The second-order valence-corrected chi connectivity index (χ2v) is 8.12. The molecule has 1 saturated carbocycles. The van der Waals surface area contributed by atoms with E-state index in [2.05, 4.69) is 16.3 Å². The van der Waals surface area contributed by atoms with Gasteiger partial charge in [0.05, 0.1) is 12.1 Å². The number of amides is 1. The minimum Gasteiger partial charge on any atom is -0.335 e. The summed E-state index contributed by atoms with van der Waals surface area (Å²) in [6.07, 6.45) is 7.29. The molecule has 0 bridgehead atoms. The van der Waals surface area contributed by atoms with Gasteiger partial charge in [0.2, 0.25) is 5.91 Å². The van der Waals surface area contributed by atoms with Crippen LogP contribution in [0.15, 0.2) is 24.3 Å². The second-order valence-electron chi connectivity index (χ2n) is 8.12. The van der Waals surface area contributed by atoms with Crippen LogP contribution < -0.4 is 11.1 Å². The highest BCUT2D eigenvalue weighted by Gasteiger charge is 2.40. The minimum absolute atomic E-state index is 0.217. The van der Waals surface area contributed by atoms with Gasteiger partial charge in [0, 0.05) is 19.6 Å². The van der Waals surface area contributed by atoms with Crippen LogP contribution in [0.3, 0.4) is 0 Å². The maximum Gasteiger partial charge on any atom is 0.238 e. The predicted molar refractivity (Wildman–Crippen MR) is 102 cm³/mol. The largest absolute Gasteiger partial charge is 0.335 e. The third-order valence-corrected chi connectivity index (χ3v) is 5.89. The highest BCUT2D eigenvalue weighted by Crippen LogP contribution is 2.28. The van der Waals surface area contributed by atoms with Gasteiger partial charge in [-0.25, -0.2) is 4.39 Å². The van der Waals surface area contributed by atoms with Crippen molar-refractivity contribution in [2.75, 3.05) is 13.1 Å². The van der Waals surface area contributed by atoms with E-state index in [0.29, 0.717) is 38.4 Å². The highest BCUT2D eigenvalue weighted by molar-refractivity contribution is 5.82. The van der Waals surface area contributed by atoms with E-state index < -0.39 is 11.6 Å². The lowest BCUT2D eigenvalue weighted by molar-refractivity contribution is -0.124. The molecule has 1 aliphatic carbocycles. The topological polar surface area (TPSA) is 82.1 Å². The van der Waals surface area contributed by atoms with Crippen molar-refractivity contribution in [1.29, 1.82) is 5.26 Å². The fourth-order valence-corrected chi connectivity index (χ4v) is 4.31. The molecule has 1 amide bonds. The van der Waals surface area contributed by atoms with Gasteiger partial charge < -0.3 is 11.1 Å². The Labute approximate surface area is 160 Å². The quantitative estimate of drug-likeness (QED) is 0.804. The van der Waals surface area contributed by atoms with Gasteiger partial charge in [0.25, 0.3) is 0 Å². The molecule has 2 aliphatic rings. The van der Waals surface area contributed by atoms with E-state index in [4.69, 9.17) is 5.73 Å². The first-order valence-electron chi connectivity index (χ1n) is 9.95. The average Bonchev–Trinajstić information content (AvgIpc) is 3.07. The first-order valence-corrected chi connectivity index (χ1v) is 9.95. The van der Waals surface area contributed by atoms with Crippen LogP contribution in [0, 0.1) is 23.1 Å². The zero-order valence-corrected chi connectivity index (χ0v) is 15.8. The van der Waals surface area contributed by atoms with E-state index >= 15 is 0 Å². The monoisotopic (exact) mass is 372 g/mol. The number of nitrogens with two attached hydrogens (primary N) is 1. The molecule has 1 aromatic rings. The molecule has 0 radical (unpaired) electrons. The Bertz CT molecular complexity index is 680. The van der Waals surface area contributed by atoms with Crippen LogP contribution in [-0.4, -0.2) is 35.5 Å². The van der Waals surface area contributed by atoms with E-state index in [1.807, 2.05) is 0 Å². The summed E-state index contributed by atoms with van der Waals surface area (Å²) in [4.78, 5) is 14.7. The molecule has 3 N–H and O–H groups in total. The predicted octanol–water partition coefficient (Wildman–Crippen LogP) is 2.71. The molecule has 2 fully saturated rings. The van der Waals surface area contributed by atoms with Crippen molar-refractivity contribution in [3.8, 4) is 6.07 Å². The average molecular weight is 372 g/mol. The van der Waals surface area contributed by atoms with Gasteiger partial charge in [-0.05, 0) is 36.5 Å². The third kappa shape index (κ3) is 5.27. The molecule has 0 spiro atoms. The number of carbonyl (C=O) groups excluding carboxylic acids is 1. The van der Waals surface area contributed by atoms with Crippen LogP contribution >= 0.6 is 0 Å². The van der Waals surface area contributed by atoms with Crippen molar-refractivity contribution in [3.05, 3.63) is 35.6 Å². The lowest BCUT2D eigenvalue weighted by Gasteiger charge is -2.28. The molecule has 1 aliphatic heterocycles. The Morgan fingerprint density at radius 2 is 2.04 bits per heavy atom. The van der Waals surface area contributed by atoms with E-state index in [9.17, 15) is 14.4 Å². The third-order valence-electron chi connectivity index (χ3n) is 5.89. The van der Waals surface area contributed by atoms with Crippen molar-refractivity contribution in [2.45, 2.75) is 63.1 Å². The molecule has 0 aromatic heterocycles. The van der Waals surface area contributed by atoms with Crippen LogP contribution in [0.2, 0.25) is 0 Å². The molecule has 1 aromatic carbocycles. The summed E-state index contributed by atoms with van der Waals surface area (Å²) >= 11 is 0. The molecule has 3 rings (SSSR count). The van der Waals surface area contributed by atoms with Crippen LogP contribution in [0.4, 0.5) is 4.39 Å². The lowest BCUT2D eigenvalue weighted by atomic mass is 9.84. The summed E-state index contributed by atoms with van der Waals surface area (Å²) in [5.41, 5.74) is 6.25. The van der Waals surface area contributed by atoms with Gasteiger partial charge >= 0.3 is 0 Å². The first kappa shape index (κ1) is 19.8. The Balaban J connectivity index is 1.53. The molecule has 27 heavy (non-hydrogen) atoms. The molecular weight excluding hydrogens is 343 g/mol. The minimum atomic E-state index is -0.888. The summed E-state index contributed by atoms with van der Waals surface area (Å²) in [6.45, 7) is 1.81. The van der Waals surface area contributed by atoms with E-state index in [1.165, 1.54) is 31.4 Å². The molecule has 146 valence electrons. The van der Waals surface area contributed by atoms with E-state index in [0.717, 1.165) is 18.4 Å². The number of nitriles is 1. The number of halogens is 1. The zero-order chi connectivity index (χ0) is 19.3. The van der Waals surface area contributed by atoms with E-state index in [-0.39, 0.29) is 11.7 Å². The maximum atomic E-state index is 13.0. The van der Waals surface area contributed by atoms with Gasteiger partial charge in [-0.15, -0.1) is 0 Å². The van der Waals surface area contributed by atoms with E-state index in [1.54, 1.807) is 12.1 Å². The van der Waals surface area contributed by atoms with Gasteiger partial charge in [0.1, 0.15) is 11.4 Å². The zero-order valence-electron chi connectivity index (χ0n) is 15.8. The number of benzene rings is 1. The highest BCUT2D eigenvalue weighted by atomic mass is 19.1. The number of hydrogen-bond acceptors (Lipinski definition) is 4. The van der Waals surface area contributed by atoms with Gasteiger partial charge in [-0.3, -0.25) is 9.69 Å². The van der Waals surface area contributed by atoms with Crippen molar-refractivity contribution < 1.29 is 9.18 Å². The van der Waals surface area contributed by atoms with Crippen molar-refractivity contribution in [3.63, 3.8) is 0 Å². The fourth-order valence-electron chi connectivity index (χ4n) is 4.31. The normalized spacial score (nSPS) is 25.1. The van der Waals surface area contributed by atoms with Crippen LogP contribution in [-0.2, 0) is 11.3 Å². The molecule has 5 nitrogen and oxygen atoms in total. The molecule has 1 heterocycles. The molecule has 2 unspecified atom stereocenters. The lowest BCUT2D eigenvalue weighted by Crippen LogP contribution is -2.54. The SMILES string of the molecule is N#CC1(NC(=O)C(N)CC2CCCCC2)CCN(Cc2ccc(F)cc2)C1. The Morgan fingerprint density at radius 1 is 1.33 bits per heavy atom. The fraction of sp³-hybridized carbons (Fsp3) is 0.619. The summed E-state index contributed by atoms with van der Waals surface area (Å²) in [5, 5.41) is 12.6. The van der Waals surface area contributed by atoms with Gasteiger partial charge in [-0.2, -0.15) is 5.26 Å². The molecule has 6 heteroatoms. The Kier molecular flexibility index (Phi) is 6.46. The summed E-state index contributed by atoms with van der Waals surface area (Å²) in [6, 6.07) is 8.13. The first-order chi connectivity index (χ1) is 13.0. The van der Waals surface area contributed by atoms with Crippen molar-refractivity contribution in [2.24, 2.45) is 11.7 Å². The number of likely N-dealkylation sites (tertiary alicyclic amines) is 1. The van der Waals surface area contributed by atoms with Gasteiger partial charge in [0.15, 0.2) is 0 Å². The van der Waals surface area contributed by atoms with Crippen LogP contribution in [0.25, 0.3) is 0 Å². The van der Waals surface area contributed by atoms with Gasteiger partial charge in [-0.1, -0.05) is 44.2 Å². The molecular formula is C21H29FN4O. The van der Waals surface area contributed by atoms with Crippen molar-refractivity contribution in [1.82, 2.24) is 10.2 Å². The number of nitrogens with one attached hydrogen (secondary N) is 1. The molecule has 1 saturated heterocycles. The smallest absolute Gasteiger partial charge is 0.238 e. The number of nitrogens with zero attached hydrogens (tertiary/aromatic N) is 2. The molecule has 2 atom stereocenters. The number of carbonyl (C=O) groups is 1. The van der Waals surface area contributed by atoms with Crippen LogP contribution in [0.1, 0.15) is 50.5 Å². The van der Waals surface area contributed by atoms with Crippen molar-refractivity contribution >= 4 is 5.91 Å². The maximum absolute atomic E-state index is 13.0. The van der Waals surface area contributed by atoms with Crippen LogP contribution in [0.5, 0.6) is 0 Å².